The van der Waals surface area contributed by atoms with Crippen LogP contribution in [0.15, 0.2) is 18.2 Å². The lowest BCUT2D eigenvalue weighted by atomic mass is 10.1. The number of benzene rings is 1. The molecule has 0 radical (unpaired) electrons. The predicted molar refractivity (Wildman–Crippen MR) is 101 cm³/mol. The molecule has 140 valence electrons. The molecular formula is C20H26N2O4. The molecule has 0 fully saturated rings. The average Bonchev–Trinajstić information content (AvgIpc) is 2.61. The van der Waals surface area contributed by atoms with Gasteiger partial charge in [0.2, 0.25) is 11.7 Å². The fraction of sp³-hybridized carbons (Fsp3) is 0.400. The molecule has 6 heteroatoms. The lowest BCUT2D eigenvalue weighted by Crippen LogP contribution is -2.15. The van der Waals surface area contributed by atoms with E-state index in [0.29, 0.717) is 30.1 Å². The van der Waals surface area contributed by atoms with Crippen molar-refractivity contribution in [3.63, 3.8) is 0 Å². The van der Waals surface area contributed by atoms with E-state index in [2.05, 4.69) is 10.3 Å². The van der Waals surface area contributed by atoms with E-state index in [1.807, 2.05) is 39.0 Å². The highest BCUT2D eigenvalue weighted by Gasteiger charge is 2.14. The lowest BCUT2D eigenvalue weighted by molar-refractivity contribution is -0.116. The summed E-state index contributed by atoms with van der Waals surface area (Å²) in [5.41, 5.74) is 4.49. The fourth-order valence-corrected chi connectivity index (χ4v) is 2.95. The van der Waals surface area contributed by atoms with E-state index in [9.17, 15) is 4.79 Å². The van der Waals surface area contributed by atoms with Crippen LogP contribution in [0.5, 0.6) is 17.2 Å². The number of carbonyl (C=O) groups is 1. The SMILES string of the molecule is COc1cc(CCC(=O)Nc2c(C)cc(C)nc2C)cc(OC)c1OC. The zero-order valence-electron chi connectivity index (χ0n) is 16.2. The summed E-state index contributed by atoms with van der Waals surface area (Å²) in [6.45, 7) is 5.81. The van der Waals surface area contributed by atoms with Crippen LogP contribution in [0.3, 0.4) is 0 Å². The van der Waals surface area contributed by atoms with E-state index in [0.717, 1.165) is 28.2 Å². The topological polar surface area (TPSA) is 69.7 Å². The van der Waals surface area contributed by atoms with Crippen molar-refractivity contribution < 1.29 is 19.0 Å². The van der Waals surface area contributed by atoms with Crippen molar-refractivity contribution in [1.82, 2.24) is 4.98 Å². The summed E-state index contributed by atoms with van der Waals surface area (Å²) in [5, 5.41) is 2.97. The van der Waals surface area contributed by atoms with Gasteiger partial charge >= 0.3 is 0 Å². The summed E-state index contributed by atoms with van der Waals surface area (Å²) < 4.78 is 16.0. The number of nitrogens with zero attached hydrogens (tertiary/aromatic N) is 1. The summed E-state index contributed by atoms with van der Waals surface area (Å²) in [6.07, 6.45) is 0.894. The van der Waals surface area contributed by atoms with Gasteiger partial charge in [0.05, 0.1) is 32.7 Å². The number of ether oxygens (including phenoxy) is 3. The minimum atomic E-state index is -0.0596. The molecule has 1 heterocycles. The molecule has 1 aromatic heterocycles. The number of aryl methyl sites for hydroxylation is 4. The van der Waals surface area contributed by atoms with Gasteiger partial charge < -0.3 is 19.5 Å². The monoisotopic (exact) mass is 358 g/mol. The summed E-state index contributed by atoms with van der Waals surface area (Å²) >= 11 is 0. The first kappa shape index (κ1) is 19.6. The zero-order valence-corrected chi connectivity index (χ0v) is 16.2. The smallest absolute Gasteiger partial charge is 0.224 e. The molecular weight excluding hydrogens is 332 g/mol. The van der Waals surface area contributed by atoms with Gasteiger partial charge in [-0.15, -0.1) is 0 Å². The largest absolute Gasteiger partial charge is 0.493 e. The number of amides is 1. The van der Waals surface area contributed by atoms with Gasteiger partial charge in [0.15, 0.2) is 11.5 Å². The van der Waals surface area contributed by atoms with Gasteiger partial charge in [-0.1, -0.05) is 0 Å². The van der Waals surface area contributed by atoms with Crippen molar-refractivity contribution >= 4 is 11.6 Å². The molecule has 1 aromatic carbocycles. The van der Waals surface area contributed by atoms with Gasteiger partial charge in [-0.3, -0.25) is 9.78 Å². The third-order valence-corrected chi connectivity index (χ3v) is 4.16. The van der Waals surface area contributed by atoms with E-state index in [1.54, 1.807) is 21.3 Å². The number of pyridine rings is 1. The standard InChI is InChI=1S/C20H26N2O4/c1-12-9-13(2)21-14(3)19(12)22-18(23)8-7-15-10-16(24-4)20(26-6)17(11-15)25-5/h9-11H,7-8H2,1-6H3,(H,22,23). The van der Waals surface area contributed by atoms with Gasteiger partial charge in [-0.05, 0) is 56.5 Å². The molecule has 0 spiro atoms. The van der Waals surface area contributed by atoms with Gasteiger partial charge in [-0.2, -0.15) is 0 Å². The molecule has 26 heavy (non-hydrogen) atoms. The van der Waals surface area contributed by atoms with E-state index in [-0.39, 0.29) is 5.91 Å². The van der Waals surface area contributed by atoms with Crippen molar-refractivity contribution in [2.75, 3.05) is 26.6 Å². The highest BCUT2D eigenvalue weighted by molar-refractivity contribution is 5.92. The van der Waals surface area contributed by atoms with Gasteiger partial charge in [0, 0.05) is 12.1 Å². The first-order valence-corrected chi connectivity index (χ1v) is 8.43. The quantitative estimate of drug-likeness (QED) is 0.819. The Morgan fingerprint density at radius 2 is 1.62 bits per heavy atom. The van der Waals surface area contributed by atoms with Crippen molar-refractivity contribution in [1.29, 1.82) is 0 Å². The van der Waals surface area contributed by atoms with E-state index in [4.69, 9.17) is 14.2 Å². The summed E-state index contributed by atoms with van der Waals surface area (Å²) in [6, 6.07) is 5.68. The molecule has 1 N–H and O–H groups in total. The molecule has 2 aromatic rings. The van der Waals surface area contributed by atoms with Crippen LogP contribution < -0.4 is 19.5 Å². The summed E-state index contributed by atoms with van der Waals surface area (Å²) in [7, 11) is 4.71. The zero-order chi connectivity index (χ0) is 19.3. The van der Waals surface area contributed by atoms with Crippen LogP contribution >= 0.6 is 0 Å². The van der Waals surface area contributed by atoms with Gasteiger partial charge in [-0.25, -0.2) is 0 Å². The predicted octanol–water partition coefficient (Wildman–Crippen LogP) is 3.60. The second-order valence-corrected chi connectivity index (χ2v) is 6.12. The Hall–Kier alpha value is -2.76. The number of rotatable bonds is 7. The van der Waals surface area contributed by atoms with Crippen LogP contribution in [0.25, 0.3) is 0 Å². The lowest BCUT2D eigenvalue weighted by Gasteiger charge is -2.14. The number of hydrogen-bond acceptors (Lipinski definition) is 5. The molecule has 0 saturated carbocycles. The van der Waals surface area contributed by atoms with Crippen molar-refractivity contribution in [2.45, 2.75) is 33.6 Å². The molecule has 0 atom stereocenters. The van der Waals surface area contributed by atoms with Crippen molar-refractivity contribution in [3.8, 4) is 17.2 Å². The first-order valence-electron chi connectivity index (χ1n) is 8.43. The van der Waals surface area contributed by atoms with Gasteiger partial charge in [0.25, 0.3) is 0 Å². The van der Waals surface area contributed by atoms with Crippen LogP contribution in [0.1, 0.15) is 28.9 Å². The van der Waals surface area contributed by atoms with E-state index >= 15 is 0 Å². The Morgan fingerprint density at radius 3 is 2.12 bits per heavy atom. The molecule has 0 bridgehead atoms. The molecule has 0 aliphatic rings. The highest BCUT2D eigenvalue weighted by atomic mass is 16.5. The number of anilines is 1. The first-order chi connectivity index (χ1) is 12.4. The fourth-order valence-electron chi connectivity index (χ4n) is 2.95. The maximum Gasteiger partial charge on any atom is 0.224 e. The third-order valence-electron chi connectivity index (χ3n) is 4.16. The average molecular weight is 358 g/mol. The number of aromatic nitrogens is 1. The molecule has 2 rings (SSSR count). The number of nitrogens with one attached hydrogen (secondary N) is 1. The second kappa shape index (κ2) is 8.56. The molecule has 6 nitrogen and oxygen atoms in total. The molecule has 0 saturated heterocycles. The van der Waals surface area contributed by atoms with Crippen molar-refractivity contribution in [3.05, 3.63) is 40.7 Å². The Bertz CT molecular complexity index is 754. The van der Waals surface area contributed by atoms with Crippen LogP contribution in [0.4, 0.5) is 5.69 Å². The minimum absolute atomic E-state index is 0.0596. The normalized spacial score (nSPS) is 10.4. The Balaban J connectivity index is 2.10. The Kier molecular flexibility index (Phi) is 6.44. The van der Waals surface area contributed by atoms with E-state index in [1.165, 1.54) is 0 Å². The van der Waals surface area contributed by atoms with Crippen LogP contribution in [-0.2, 0) is 11.2 Å². The highest BCUT2D eigenvalue weighted by Crippen LogP contribution is 2.38. The number of hydrogen-bond donors (Lipinski definition) is 1. The van der Waals surface area contributed by atoms with Gasteiger partial charge in [0.1, 0.15) is 0 Å². The second-order valence-electron chi connectivity index (χ2n) is 6.12. The molecule has 0 aliphatic heterocycles. The third kappa shape index (κ3) is 4.45. The van der Waals surface area contributed by atoms with Crippen LogP contribution in [0.2, 0.25) is 0 Å². The number of methoxy groups -OCH3 is 3. The Morgan fingerprint density at radius 1 is 1.00 bits per heavy atom. The molecule has 1 amide bonds. The summed E-state index contributed by atoms with van der Waals surface area (Å²) in [4.78, 5) is 16.8. The van der Waals surface area contributed by atoms with Crippen LogP contribution in [-0.4, -0.2) is 32.2 Å². The van der Waals surface area contributed by atoms with E-state index < -0.39 is 0 Å². The number of carbonyl (C=O) groups excluding carboxylic acids is 1. The molecule has 0 aliphatic carbocycles. The Labute approximate surface area is 154 Å². The van der Waals surface area contributed by atoms with Crippen LogP contribution in [0, 0.1) is 20.8 Å². The minimum Gasteiger partial charge on any atom is -0.493 e. The maximum absolute atomic E-state index is 12.4. The maximum atomic E-state index is 12.4. The molecule has 0 unspecified atom stereocenters. The summed E-state index contributed by atoms with van der Waals surface area (Å²) in [5.74, 6) is 1.64. The van der Waals surface area contributed by atoms with Crippen molar-refractivity contribution in [2.24, 2.45) is 0 Å².